The van der Waals surface area contributed by atoms with E-state index in [1.54, 1.807) is 0 Å². The lowest BCUT2D eigenvalue weighted by Gasteiger charge is -2.05. The van der Waals surface area contributed by atoms with Gasteiger partial charge in [0.15, 0.2) is 0 Å². The normalized spacial score (nSPS) is 11.8. The van der Waals surface area contributed by atoms with E-state index in [1.807, 2.05) is 25.1 Å². The molecule has 1 aromatic carbocycles. The minimum Gasteiger partial charge on any atom is -0.321 e. The molecular weight excluding hydrogens is 346 g/mol. The van der Waals surface area contributed by atoms with Crippen molar-refractivity contribution in [3.63, 3.8) is 0 Å². The van der Waals surface area contributed by atoms with Crippen LogP contribution in [0.15, 0.2) is 46.9 Å². The molecule has 0 aliphatic rings. The summed E-state index contributed by atoms with van der Waals surface area (Å²) in [5, 5.41) is 16.7. The second-order valence-corrected chi connectivity index (χ2v) is 7.61. The number of rotatable bonds is 5. The zero-order valence-corrected chi connectivity index (χ0v) is 14.4. The lowest BCUT2D eigenvalue weighted by molar-refractivity contribution is -0.112. The van der Waals surface area contributed by atoms with Crippen LogP contribution in [0.2, 0.25) is 0 Å². The van der Waals surface area contributed by atoms with Crippen LogP contribution >= 0.6 is 11.3 Å². The number of primary sulfonamides is 1. The maximum Gasteiger partial charge on any atom is 0.266 e. The number of anilines is 1. The minimum atomic E-state index is -3.79. The van der Waals surface area contributed by atoms with E-state index in [0.29, 0.717) is 5.69 Å². The molecule has 124 valence electrons. The van der Waals surface area contributed by atoms with E-state index in [2.05, 4.69) is 5.32 Å². The fraction of sp³-hybridized carbons (Fsp3) is 0.125. The highest BCUT2D eigenvalue weighted by molar-refractivity contribution is 7.89. The van der Waals surface area contributed by atoms with Crippen molar-refractivity contribution >= 4 is 39.0 Å². The van der Waals surface area contributed by atoms with E-state index in [1.165, 1.54) is 41.7 Å². The van der Waals surface area contributed by atoms with Gasteiger partial charge in [0, 0.05) is 15.4 Å². The largest absolute Gasteiger partial charge is 0.321 e. The minimum absolute atomic E-state index is 0.0324. The van der Waals surface area contributed by atoms with Gasteiger partial charge in [-0.15, -0.1) is 11.3 Å². The number of nitrogens with one attached hydrogen (secondary N) is 1. The fourth-order valence-corrected chi connectivity index (χ4v) is 3.29. The highest BCUT2D eigenvalue weighted by Gasteiger charge is 2.12. The topological polar surface area (TPSA) is 113 Å². The molecule has 3 N–H and O–H groups in total. The van der Waals surface area contributed by atoms with Crippen molar-refractivity contribution in [1.82, 2.24) is 0 Å². The van der Waals surface area contributed by atoms with Crippen LogP contribution in [-0.4, -0.2) is 14.3 Å². The molecule has 1 amide bonds. The van der Waals surface area contributed by atoms with E-state index >= 15 is 0 Å². The summed E-state index contributed by atoms with van der Waals surface area (Å²) >= 11 is 1.52. The molecule has 0 aliphatic heterocycles. The van der Waals surface area contributed by atoms with Crippen LogP contribution in [0.5, 0.6) is 0 Å². The number of carbonyl (C=O) groups is 1. The molecule has 2 aromatic rings. The van der Waals surface area contributed by atoms with E-state index < -0.39 is 15.9 Å². The van der Waals surface area contributed by atoms with Crippen LogP contribution < -0.4 is 10.5 Å². The maximum atomic E-state index is 12.2. The van der Waals surface area contributed by atoms with Crippen molar-refractivity contribution in [1.29, 1.82) is 5.26 Å². The van der Waals surface area contributed by atoms with Crippen molar-refractivity contribution in [3.8, 4) is 6.07 Å². The number of nitriles is 1. The quantitative estimate of drug-likeness (QED) is 0.629. The van der Waals surface area contributed by atoms with Crippen LogP contribution in [0.25, 0.3) is 6.08 Å². The third kappa shape index (κ3) is 4.52. The highest BCUT2D eigenvalue weighted by Crippen LogP contribution is 2.20. The fourth-order valence-electron chi connectivity index (χ4n) is 1.88. The predicted octanol–water partition coefficient (Wildman–Crippen LogP) is 2.50. The van der Waals surface area contributed by atoms with Crippen LogP contribution in [0.4, 0.5) is 5.69 Å². The van der Waals surface area contributed by atoms with Crippen LogP contribution in [-0.2, 0) is 21.2 Å². The Morgan fingerprint density at radius 3 is 2.46 bits per heavy atom. The van der Waals surface area contributed by atoms with Gasteiger partial charge < -0.3 is 5.32 Å². The van der Waals surface area contributed by atoms with Crippen molar-refractivity contribution in [3.05, 3.63) is 51.7 Å². The Morgan fingerprint density at radius 2 is 1.96 bits per heavy atom. The Kier molecular flexibility index (Phi) is 5.51. The summed E-state index contributed by atoms with van der Waals surface area (Å²) in [5.74, 6) is -0.563. The monoisotopic (exact) mass is 361 g/mol. The number of thiophene rings is 1. The van der Waals surface area contributed by atoms with Crippen molar-refractivity contribution < 1.29 is 13.2 Å². The summed E-state index contributed by atoms with van der Waals surface area (Å²) in [6.45, 7) is 2.03. The molecule has 6 nitrogen and oxygen atoms in total. The van der Waals surface area contributed by atoms with Gasteiger partial charge in [0.1, 0.15) is 11.6 Å². The summed E-state index contributed by atoms with van der Waals surface area (Å²) in [6, 6.07) is 11.1. The van der Waals surface area contributed by atoms with E-state index in [4.69, 9.17) is 5.14 Å². The van der Waals surface area contributed by atoms with Gasteiger partial charge in [-0.3, -0.25) is 4.79 Å². The van der Waals surface area contributed by atoms with Crippen molar-refractivity contribution in [2.24, 2.45) is 5.14 Å². The van der Waals surface area contributed by atoms with Gasteiger partial charge in [-0.1, -0.05) is 6.92 Å². The Balaban J connectivity index is 2.16. The molecular formula is C16H15N3O3S2. The highest BCUT2D eigenvalue weighted by atomic mass is 32.2. The van der Waals surface area contributed by atoms with Gasteiger partial charge in [0.2, 0.25) is 10.0 Å². The standard InChI is InChI=1S/C16H15N3O3S2/c1-2-13-5-6-14(23-13)9-11(10-17)16(20)19-12-3-7-15(8-4-12)24(18,21)22/h3-9H,2H2,1H3,(H,19,20)(H2,18,21,22)/b11-9+. The average Bonchev–Trinajstić information content (AvgIpc) is 3.00. The first kappa shape index (κ1) is 17.9. The second kappa shape index (κ2) is 7.40. The van der Waals surface area contributed by atoms with E-state index in [0.717, 1.165) is 16.2 Å². The molecule has 0 saturated heterocycles. The van der Waals surface area contributed by atoms with Gasteiger partial charge in [0.25, 0.3) is 5.91 Å². The van der Waals surface area contributed by atoms with Gasteiger partial charge in [-0.25, -0.2) is 13.6 Å². The molecule has 0 atom stereocenters. The molecule has 0 saturated carbocycles. The van der Waals surface area contributed by atoms with E-state index in [9.17, 15) is 18.5 Å². The average molecular weight is 361 g/mol. The summed E-state index contributed by atoms with van der Waals surface area (Å²) in [6.07, 6.45) is 2.42. The first-order valence-corrected chi connectivity index (χ1v) is 9.34. The first-order valence-electron chi connectivity index (χ1n) is 6.98. The van der Waals surface area contributed by atoms with Crippen LogP contribution in [0.3, 0.4) is 0 Å². The SMILES string of the molecule is CCc1ccc(/C=C(\C#N)C(=O)Nc2ccc(S(N)(=O)=O)cc2)s1. The summed E-state index contributed by atoms with van der Waals surface area (Å²) < 4.78 is 22.4. The molecule has 0 fully saturated rings. The zero-order chi connectivity index (χ0) is 17.7. The molecule has 2 rings (SSSR count). The van der Waals surface area contributed by atoms with Gasteiger partial charge >= 0.3 is 0 Å². The molecule has 0 unspecified atom stereocenters. The van der Waals surface area contributed by atoms with E-state index in [-0.39, 0.29) is 10.5 Å². The van der Waals surface area contributed by atoms with Crippen molar-refractivity contribution in [2.45, 2.75) is 18.2 Å². The third-order valence-corrected chi connectivity index (χ3v) is 5.23. The number of carbonyl (C=O) groups excluding carboxylic acids is 1. The Labute approximate surface area is 144 Å². The Bertz CT molecular complexity index is 920. The molecule has 0 spiro atoms. The van der Waals surface area contributed by atoms with Gasteiger partial charge in [0.05, 0.1) is 4.90 Å². The van der Waals surface area contributed by atoms with Gasteiger partial charge in [-0.2, -0.15) is 5.26 Å². The third-order valence-electron chi connectivity index (χ3n) is 3.12. The maximum absolute atomic E-state index is 12.2. The number of aryl methyl sites for hydroxylation is 1. The number of sulfonamides is 1. The number of amides is 1. The number of benzene rings is 1. The Hall–Kier alpha value is -2.47. The summed E-state index contributed by atoms with van der Waals surface area (Å²) in [4.78, 5) is 14.1. The van der Waals surface area contributed by atoms with Crippen LogP contribution in [0.1, 0.15) is 16.7 Å². The van der Waals surface area contributed by atoms with Gasteiger partial charge in [-0.05, 0) is 48.9 Å². The smallest absolute Gasteiger partial charge is 0.266 e. The molecule has 0 radical (unpaired) electrons. The lowest BCUT2D eigenvalue weighted by Crippen LogP contribution is -2.14. The van der Waals surface area contributed by atoms with Crippen molar-refractivity contribution in [2.75, 3.05) is 5.32 Å². The first-order chi connectivity index (χ1) is 11.3. The predicted molar refractivity (Wildman–Crippen MR) is 93.7 cm³/mol. The molecule has 0 bridgehead atoms. The number of nitrogens with two attached hydrogens (primary N) is 1. The van der Waals surface area contributed by atoms with Crippen LogP contribution in [0, 0.1) is 11.3 Å². The molecule has 1 heterocycles. The Morgan fingerprint density at radius 1 is 1.29 bits per heavy atom. The zero-order valence-electron chi connectivity index (χ0n) is 12.8. The summed E-state index contributed by atoms with van der Waals surface area (Å²) in [5.41, 5.74) is 0.337. The molecule has 24 heavy (non-hydrogen) atoms. The second-order valence-electron chi connectivity index (χ2n) is 4.85. The summed E-state index contributed by atoms with van der Waals surface area (Å²) in [7, 11) is -3.79. The molecule has 8 heteroatoms. The number of hydrogen-bond donors (Lipinski definition) is 2. The lowest BCUT2D eigenvalue weighted by atomic mass is 10.2. The molecule has 0 aliphatic carbocycles. The number of hydrogen-bond acceptors (Lipinski definition) is 5. The molecule has 1 aromatic heterocycles. The number of nitrogens with zero attached hydrogens (tertiary/aromatic N) is 1.